The van der Waals surface area contributed by atoms with Crippen LogP contribution in [0.4, 0.5) is 0 Å². The van der Waals surface area contributed by atoms with Gasteiger partial charge in [-0.15, -0.1) is 29.3 Å². The van der Waals surface area contributed by atoms with Gasteiger partial charge >= 0.3 is 0 Å². The third kappa shape index (κ3) is 8.86. The summed E-state index contributed by atoms with van der Waals surface area (Å²) in [7, 11) is 0. The number of phenols is 1. The van der Waals surface area contributed by atoms with Crippen LogP contribution in [0, 0.1) is 6.07 Å². The van der Waals surface area contributed by atoms with E-state index in [1.807, 2.05) is 56.4 Å². The summed E-state index contributed by atoms with van der Waals surface area (Å²) < 4.78 is 10.7. The Balaban J connectivity index is 0.00000595. The zero-order chi connectivity index (χ0) is 44.4. The molecule has 2 aromatic heterocycles. The van der Waals surface area contributed by atoms with Gasteiger partial charge in [-0.1, -0.05) is 172 Å². The summed E-state index contributed by atoms with van der Waals surface area (Å²) in [5.41, 5.74) is 15.7. The number of fused-ring (bicyclic) bond motifs is 1. The van der Waals surface area contributed by atoms with Crippen LogP contribution in [0.5, 0.6) is 5.75 Å². The molecule has 6 aromatic carbocycles. The minimum atomic E-state index is -0.667. The molecule has 0 atom stereocenters. The summed E-state index contributed by atoms with van der Waals surface area (Å²) in [5.74, 6) is 0.155. The van der Waals surface area contributed by atoms with E-state index in [1.54, 1.807) is 6.07 Å². The van der Waals surface area contributed by atoms with Gasteiger partial charge < -0.3 is 5.11 Å². The number of aromatic hydroxyl groups is 1. The molecule has 0 spiro atoms. The number of pyridine rings is 1. The van der Waals surface area contributed by atoms with Gasteiger partial charge in [-0.2, -0.15) is 0 Å². The number of rotatable bonds is 7. The Bertz CT molecular complexity index is 2940. The maximum Gasteiger partial charge on any atom is 0.148 e. The molecule has 0 amide bonds. The summed E-state index contributed by atoms with van der Waals surface area (Å²) in [6.45, 7) is 24.0. The van der Waals surface area contributed by atoms with E-state index in [0.29, 0.717) is 11.4 Å². The molecule has 8 rings (SSSR count). The second-order valence-corrected chi connectivity index (χ2v) is 19.7. The van der Waals surface area contributed by atoms with Crippen molar-refractivity contribution in [3.05, 3.63) is 168 Å². The van der Waals surface area contributed by atoms with E-state index in [4.69, 9.17) is 11.3 Å². The number of hydrogen-bond acceptors (Lipinski definition) is 3. The van der Waals surface area contributed by atoms with Crippen molar-refractivity contribution in [3.63, 3.8) is 0 Å². The Morgan fingerprint density at radius 1 is 0.581 bits per heavy atom. The van der Waals surface area contributed by atoms with Crippen LogP contribution in [0.3, 0.4) is 0 Å². The normalized spacial score (nSPS) is 12.6. The second-order valence-electron chi connectivity index (χ2n) is 19.7. The molecule has 0 fully saturated rings. The zero-order valence-electron chi connectivity index (χ0n) is 38.9. The van der Waals surface area contributed by atoms with Crippen molar-refractivity contribution in [2.75, 3.05) is 0 Å². The maximum atomic E-state index is 11.5. The second kappa shape index (κ2) is 16.9. The molecular weight excluding hydrogens is 938 g/mol. The fourth-order valence-corrected chi connectivity index (χ4v) is 8.02. The average Bonchev–Trinajstić information content (AvgIpc) is 3.62. The van der Waals surface area contributed by atoms with E-state index >= 15 is 0 Å². The Labute approximate surface area is 384 Å². The number of nitrogens with zero attached hydrogens (tertiary/aromatic N) is 3. The van der Waals surface area contributed by atoms with E-state index in [9.17, 15) is 5.11 Å². The van der Waals surface area contributed by atoms with Crippen molar-refractivity contribution >= 4 is 11.0 Å². The molecule has 0 saturated carbocycles. The number of imidazole rings is 1. The molecule has 0 unspecified atom stereocenters. The van der Waals surface area contributed by atoms with E-state index in [2.05, 4.69) is 164 Å². The van der Waals surface area contributed by atoms with E-state index in [0.717, 1.165) is 72.5 Å². The van der Waals surface area contributed by atoms with Crippen LogP contribution in [0.25, 0.3) is 72.7 Å². The summed E-state index contributed by atoms with van der Waals surface area (Å²) in [6.07, 6.45) is 1.87. The van der Waals surface area contributed by atoms with Gasteiger partial charge in [0.25, 0.3) is 0 Å². The Hall–Kier alpha value is -5.57. The molecule has 4 nitrogen and oxygen atoms in total. The van der Waals surface area contributed by atoms with Gasteiger partial charge in [-0.3, -0.25) is 9.55 Å². The van der Waals surface area contributed by atoms with Crippen molar-refractivity contribution in [2.24, 2.45) is 0 Å². The van der Waals surface area contributed by atoms with Gasteiger partial charge in [0.05, 0.1) is 22.3 Å². The predicted molar refractivity (Wildman–Crippen MR) is 257 cm³/mol. The molecule has 0 aliphatic carbocycles. The summed E-state index contributed by atoms with van der Waals surface area (Å²) in [4.78, 5) is 10.4. The molecule has 0 saturated heterocycles. The third-order valence-electron chi connectivity index (χ3n) is 11.9. The van der Waals surface area contributed by atoms with Gasteiger partial charge in [-0.25, -0.2) is 4.98 Å². The van der Waals surface area contributed by atoms with Crippen LogP contribution >= 0.6 is 0 Å². The molecule has 0 aliphatic rings. The average molecular weight is 997 g/mol. The quantitative estimate of drug-likeness (QED) is 0.162. The number of aromatic nitrogens is 3. The SMILES string of the molecule is [2H]C(C)(C)c1ccc(-c2ccnc(-c3[c-]c(-c4cccc5c4nc(-c4ccccc4O)n5-c4ccc(C(C)(C)C)cc4-c4ccc(C(C)(C)C)cc4)cc(C(C)(C)C)c3)c2)cc1.[Pt]. The third-order valence-corrected chi connectivity index (χ3v) is 11.9. The predicted octanol–water partition coefficient (Wildman–Crippen LogP) is 15.3. The van der Waals surface area contributed by atoms with Crippen molar-refractivity contribution in [1.82, 2.24) is 14.5 Å². The number of hydrogen-bond donors (Lipinski definition) is 1. The minimum Gasteiger partial charge on any atom is -0.507 e. The van der Waals surface area contributed by atoms with Crippen LogP contribution in [-0.2, 0) is 37.3 Å². The van der Waals surface area contributed by atoms with Gasteiger partial charge in [-0.05, 0) is 91.9 Å². The molecular formula is C57H58N3OPt-. The summed E-state index contributed by atoms with van der Waals surface area (Å²) in [6, 6.07) is 50.2. The first-order valence-corrected chi connectivity index (χ1v) is 21.4. The standard InChI is InChI=1S/C57H58N3O.Pt/c1-36(2)37-19-21-38(22-20-37)40-29-30-58-49(34-40)42-31-41(32-45(33-42)57(9,10)11)46-16-14-17-51-53(46)59-54(47-15-12-13-18-52(47)61)60(51)50-28-27-44(56(6,7)8)35-48(50)39-23-25-43(26-24-39)55(3,4)5;/h12-30,32-36,61H,1-11H3;/q-1;/i36D;. The molecule has 2 heterocycles. The van der Waals surface area contributed by atoms with Crippen LogP contribution in [0.15, 0.2) is 140 Å². The smallest absolute Gasteiger partial charge is 0.148 e. The molecule has 62 heavy (non-hydrogen) atoms. The van der Waals surface area contributed by atoms with Crippen molar-refractivity contribution in [3.8, 4) is 67.5 Å². The molecule has 0 aliphatic heterocycles. The molecule has 0 bridgehead atoms. The van der Waals surface area contributed by atoms with Crippen molar-refractivity contribution in [1.29, 1.82) is 0 Å². The van der Waals surface area contributed by atoms with Gasteiger partial charge in [0.1, 0.15) is 11.6 Å². The Morgan fingerprint density at radius 2 is 1.19 bits per heavy atom. The van der Waals surface area contributed by atoms with Crippen LogP contribution in [0.1, 0.15) is 106 Å². The Kier molecular flexibility index (Phi) is 11.8. The zero-order valence-corrected chi connectivity index (χ0v) is 40.2. The topological polar surface area (TPSA) is 50.9 Å². The first kappa shape index (κ1) is 43.1. The van der Waals surface area contributed by atoms with E-state index in [-0.39, 0.29) is 43.1 Å². The number of phenolic OH excluding ortho intramolecular Hbond substituents is 1. The van der Waals surface area contributed by atoms with Crippen LogP contribution in [-0.4, -0.2) is 19.6 Å². The Morgan fingerprint density at radius 3 is 1.84 bits per heavy atom. The molecule has 8 aromatic rings. The van der Waals surface area contributed by atoms with Crippen molar-refractivity contribution < 1.29 is 27.5 Å². The fraction of sp³-hybridized carbons (Fsp3) is 0.263. The van der Waals surface area contributed by atoms with Crippen molar-refractivity contribution in [2.45, 2.75) is 98.3 Å². The molecule has 318 valence electrons. The number of para-hydroxylation sites is 2. The van der Waals surface area contributed by atoms with E-state index in [1.165, 1.54) is 11.1 Å². The van der Waals surface area contributed by atoms with Crippen LogP contribution in [0.2, 0.25) is 0 Å². The van der Waals surface area contributed by atoms with Gasteiger partial charge in [0.2, 0.25) is 0 Å². The monoisotopic (exact) mass is 996 g/mol. The minimum absolute atomic E-state index is 0. The fourth-order valence-electron chi connectivity index (χ4n) is 8.02. The summed E-state index contributed by atoms with van der Waals surface area (Å²) in [5, 5.41) is 11.5. The molecule has 1 N–H and O–H groups in total. The molecule has 0 radical (unpaired) electrons. The number of benzene rings is 6. The first-order valence-electron chi connectivity index (χ1n) is 21.9. The summed E-state index contributed by atoms with van der Waals surface area (Å²) >= 11 is 0. The van der Waals surface area contributed by atoms with Gasteiger partial charge in [0.15, 0.2) is 0 Å². The largest absolute Gasteiger partial charge is 0.507 e. The molecule has 5 heteroatoms. The maximum absolute atomic E-state index is 11.5. The van der Waals surface area contributed by atoms with E-state index < -0.39 is 5.89 Å². The van der Waals surface area contributed by atoms with Crippen LogP contribution < -0.4 is 0 Å². The first-order chi connectivity index (χ1) is 29.2. The van der Waals surface area contributed by atoms with Gasteiger partial charge in [0, 0.05) is 39.9 Å².